The lowest BCUT2D eigenvalue weighted by molar-refractivity contribution is -0.125. The van der Waals surface area contributed by atoms with Gasteiger partial charge in [-0.25, -0.2) is 4.98 Å². The maximum absolute atomic E-state index is 12.6. The average Bonchev–Trinajstić information content (AvgIpc) is 2.68. The Hall–Kier alpha value is -2.40. The maximum Gasteiger partial charge on any atom is 0.230 e. The third-order valence-corrected chi connectivity index (χ3v) is 4.66. The highest BCUT2D eigenvalue weighted by molar-refractivity contribution is 5.87. The number of amides is 1. The number of ether oxygens (including phenoxy) is 1. The minimum Gasteiger partial charge on any atom is -0.378 e. The SMILES string of the molecule is CC(C)(C(=O)NCc1ccc(N2CCOCC2)nc1)c1ccccc1. The van der Waals surface area contributed by atoms with Gasteiger partial charge >= 0.3 is 0 Å². The van der Waals surface area contributed by atoms with E-state index in [4.69, 9.17) is 4.74 Å². The van der Waals surface area contributed by atoms with Gasteiger partial charge in [0.2, 0.25) is 5.91 Å². The third-order valence-electron chi connectivity index (χ3n) is 4.66. The Bertz CT molecular complexity index is 693. The number of nitrogens with zero attached hydrogens (tertiary/aromatic N) is 2. The molecule has 3 rings (SSSR count). The van der Waals surface area contributed by atoms with Gasteiger partial charge in [-0.3, -0.25) is 4.79 Å². The number of aromatic nitrogens is 1. The van der Waals surface area contributed by atoms with Crippen molar-refractivity contribution in [2.45, 2.75) is 25.8 Å². The molecule has 25 heavy (non-hydrogen) atoms. The molecule has 2 heterocycles. The molecule has 0 radical (unpaired) electrons. The Kier molecular flexibility index (Phi) is 5.34. The van der Waals surface area contributed by atoms with Crippen molar-refractivity contribution in [3.05, 3.63) is 59.8 Å². The summed E-state index contributed by atoms with van der Waals surface area (Å²) in [6, 6.07) is 13.9. The molecule has 1 aromatic carbocycles. The van der Waals surface area contributed by atoms with Crippen molar-refractivity contribution in [1.29, 1.82) is 0 Å². The maximum atomic E-state index is 12.6. The van der Waals surface area contributed by atoms with Crippen molar-refractivity contribution in [1.82, 2.24) is 10.3 Å². The summed E-state index contributed by atoms with van der Waals surface area (Å²) in [6.07, 6.45) is 1.83. The summed E-state index contributed by atoms with van der Waals surface area (Å²) >= 11 is 0. The van der Waals surface area contributed by atoms with Gasteiger partial charge in [-0.1, -0.05) is 36.4 Å². The lowest BCUT2D eigenvalue weighted by Crippen LogP contribution is -2.39. The molecule has 0 unspecified atom stereocenters. The molecule has 0 spiro atoms. The summed E-state index contributed by atoms with van der Waals surface area (Å²) < 4.78 is 5.36. The highest BCUT2D eigenvalue weighted by Gasteiger charge is 2.29. The van der Waals surface area contributed by atoms with Gasteiger partial charge in [-0.15, -0.1) is 0 Å². The van der Waals surface area contributed by atoms with Crippen LogP contribution in [0.5, 0.6) is 0 Å². The van der Waals surface area contributed by atoms with Gasteiger partial charge in [0.1, 0.15) is 5.82 Å². The summed E-state index contributed by atoms with van der Waals surface area (Å²) in [5.74, 6) is 0.971. The van der Waals surface area contributed by atoms with Crippen LogP contribution in [0.2, 0.25) is 0 Å². The molecule has 132 valence electrons. The van der Waals surface area contributed by atoms with E-state index in [2.05, 4.69) is 15.2 Å². The molecule has 5 heteroatoms. The van der Waals surface area contributed by atoms with Crippen LogP contribution in [0.3, 0.4) is 0 Å². The number of hydrogen-bond donors (Lipinski definition) is 1. The van der Waals surface area contributed by atoms with Crippen LogP contribution in [0.4, 0.5) is 5.82 Å². The number of hydrogen-bond acceptors (Lipinski definition) is 4. The van der Waals surface area contributed by atoms with Crippen molar-refractivity contribution < 1.29 is 9.53 Å². The van der Waals surface area contributed by atoms with E-state index < -0.39 is 5.41 Å². The molecule has 0 atom stereocenters. The highest BCUT2D eigenvalue weighted by atomic mass is 16.5. The summed E-state index contributed by atoms with van der Waals surface area (Å²) in [5.41, 5.74) is 1.44. The van der Waals surface area contributed by atoms with Gasteiger partial charge in [-0.05, 0) is 31.0 Å². The first-order valence-corrected chi connectivity index (χ1v) is 8.69. The zero-order chi connectivity index (χ0) is 17.7. The van der Waals surface area contributed by atoms with Gasteiger partial charge in [0.25, 0.3) is 0 Å². The summed E-state index contributed by atoms with van der Waals surface area (Å²) in [4.78, 5) is 19.3. The van der Waals surface area contributed by atoms with Crippen molar-refractivity contribution in [3.63, 3.8) is 0 Å². The van der Waals surface area contributed by atoms with Gasteiger partial charge in [0.05, 0.1) is 18.6 Å². The second-order valence-corrected chi connectivity index (χ2v) is 6.80. The lowest BCUT2D eigenvalue weighted by atomic mass is 9.84. The molecule has 1 aliphatic rings. The molecule has 1 aromatic heterocycles. The van der Waals surface area contributed by atoms with Gasteiger partial charge in [0.15, 0.2) is 0 Å². The minimum absolute atomic E-state index is 0.0101. The van der Waals surface area contributed by atoms with Gasteiger partial charge in [-0.2, -0.15) is 0 Å². The van der Waals surface area contributed by atoms with Gasteiger partial charge < -0.3 is 15.0 Å². The Morgan fingerprint density at radius 2 is 1.88 bits per heavy atom. The fraction of sp³-hybridized carbons (Fsp3) is 0.400. The number of nitrogens with one attached hydrogen (secondary N) is 1. The Morgan fingerprint density at radius 1 is 1.16 bits per heavy atom. The molecule has 1 fully saturated rings. The predicted molar refractivity (Wildman–Crippen MR) is 98.6 cm³/mol. The fourth-order valence-corrected chi connectivity index (χ4v) is 2.89. The van der Waals surface area contributed by atoms with Crippen LogP contribution in [0.1, 0.15) is 25.0 Å². The van der Waals surface area contributed by atoms with Crippen molar-refractivity contribution in [2.75, 3.05) is 31.2 Å². The van der Waals surface area contributed by atoms with Crippen LogP contribution in [0, 0.1) is 0 Å². The van der Waals surface area contributed by atoms with Crippen LogP contribution in [-0.4, -0.2) is 37.2 Å². The fourth-order valence-electron chi connectivity index (χ4n) is 2.89. The summed E-state index contributed by atoms with van der Waals surface area (Å²) in [7, 11) is 0. The number of anilines is 1. The molecule has 2 aromatic rings. The first-order chi connectivity index (χ1) is 12.1. The Labute approximate surface area is 149 Å². The number of carbonyl (C=O) groups is 1. The smallest absolute Gasteiger partial charge is 0.230 e. The van der Waals surface area contributed by atoms with E-state index in [1.54, 1.807) is 0 Å². The quantitative estimate of drug-likeness (QED) is 0.909. The van der Waals surface area contributed by atoms with E-state index >= 15 is 0 Å². The van der Waals surface area contributed by atoms with Crippen LogP contribution in [0.25, 0.3) is 0 Å². The van der Waals surface area contributed by atoms with Crippen LogP contribution in [-0.2, 0) is 21.5 Å². The molecule has 0 bridgehead atoms. The van der Waals surface area contributed by atoms with Gasteiger partial charge in [0, 0.05) is 25.8 Å². The lowest BCUT2D eigenvalue weighted by Gasteiger charge is -2.28. The number of rotatable bonds is 5. The van der Waals surface area contributed by atoms with Crippen LogP contribution < -0.4 is 10.2 Å². The molecule has 1 amide bonds. The van der Waals surface area contributed by atoms with E-state index in [9.17, 15) is 4.79 Å². The first-order valence-electron chi connectivity index (χ1n) is 8.69. The van der Waals surface area contributed by atoms with Crippen molar-refractivity contribution >= 4 is 11.7 Å². The molecule has 0 aliphatic carbocycles. The van der Waals surface area contributed by atoms with E-state index in [-0.39, 0.29) is 5.91 Å². The van der Waals surface area contributed by atoms with E-state index in [1.165, 1.54) is 0 Å². The number of pyridine rings is 1. The first kappa shape index (κ1) is 17.4. The Balaban J connectivity index is 1.58. The molecule has 1 N–H and O–H groups in total. The molecule has 5 nitrogen and oxygen atoms in total. The topological polar surface area (TPSA) is 54.5 Å². The molecular weight excluding hydrogens is 314 g/mol. The highest BCUT2D eigenvalue weighted by Crippen LogP contribution is 2.23. The van der Waals surface area contributed by atoms with E-state index in [1.807, 2.05) is 62.5 Å². The Morgan fingerprint density at radius 3 is 2.52 bits per heavy atom. The second-order valence-electron chi connectivity index (χ2n) is 6.80. The third kappa shape index (κ3) is 4.17. The normalized spacial score (nSPS) is 15.0. The zero-order valence-electron chi connectivity index (χ0n) is 14.9. The van der Waals surface area contributed by atoms with Crippen molar-refractivity contribution in [2.24, 2.45) is 0 Å². The summed E-state index contributed by atoms with van der Waals surface area (Å²) in [5, 5.41) is 3.02. The number of carbonyl (C=O) groups excluding carboxylic acids is 1. The van der Waals surface area contributed by atoms with Crippen LogP contribution >= 0.6 is 0 Å². The number of morpholine rings is 1. The predicted octanol–water partition coefficient (Wildman–Crippen LogP) is 2.51. The van der Waals surface area contributed by atoms with Crippen molar-refractivity contribution in [3.8, 4) is 0 Å². The minimum atomic E-state index is -0.567. The number of benzene rings is 1. The molecule has 1 aliphatic heterocycles. The van der Waals surface area contributed by atoms with E-state index in [0.717, 1.165) is 43.2 Å². The standard InChI is InChI=1S/C20H25N3O2/c1-20(2,17-6-4-3-5-7-17)19(24)22-15-16-8-9-18(21-14-16)23-10-12-25-13-11-23/h3-9,14H,10-13,15H2,1-2H3,(H,22,24). The molecule has 0 saturated carbocycles. The largest absolute Gasteiger partial charge is 0.378 e. The zero-order valence-corrected chi connectivity index (χ0v) is 14.9. The summed E-state index contributed by atoms with van der Waals surface area (Å²) in [6.45, 7) is 7.59. The average molecular weight is 339 g/mol. The van der Waals surface area contributed by atoms with E-state index in [0.29, 0.717) is 6.54 Å². The second kappa shape index (κ2) is 7.66. The molecular formula is C20H25N3O2. The van der Waals surface area contributed by atoms with Crippen LogP contribution in [0.15, 0.2) is 48.7 Å². The monoisotopic (exact) mass is 339 g/mol. The molecule has 1 saturated heterocycles.